The summed E-state index contributed by atoms with van der Waals surface area (Å²) in [5, 5.41) is 3.52. The molecule has 1 heterocycles. The highest BCUT2D eigenvalue weighted by Crippen LogP contribution is 2.18. The summed E-state index contributed by atoms with van der Waals surface area (Å²) in [5.41, 5.74) is 0.905. The minimum Gasteiger partial charge on any atom is -0.307 e. The zero-order chi connectivity index (χ0) is 12.8. The van der Waals surface area contributed by atoms with Gasteiger partial charge < -0.3 is 5.32 Å². The molecule has 0 aromatic carbocycles. The zero-order valence-electron chi connectivity index (χ0n) is 11.2. The SMILES string of the molecule is CCC(CC)C(C)NC(C)c1cncc(F)c1. The van der Waals surface area contributed by atoms with Crippen molar-refractivity contribution in [3.8, 4) is 0 Å². The normalized spacial score (nSPS) is 14.9. The summed E-state index contributed by atoms with van der Waals surface area (Å²) in [5.74, 6) is 0.394. The average Bonchev–Trinajstić information content (AvgIpc) is 2.30. The van der Waals surface area contributed by atoms with Crippen molar-refractivity contribution in [3.05, 3.63) is 29.8 Å². The third kappa shape index (κ3) is 4.08. The number of halogens is 1. The summed E-state index contributed by atoms with van der Waals surface area (Å²) in [7, 11) is 0. The van der Waals surface area contributed by atoms with Crippen LogP contribution in [-0.2, 0) is 0 Å². The number of nitrogens with zero attached hydrogens (tertiary/aromatic N) is 1. The maximum atomic E-state index is 13.1. The molecule has 1 N–H and O–H groups in total. The Morgan fingerprint density at radius 2 is 1.88 bits per heavy atom. The molecule has 3 heteroatoms. The molecule has 0 spiro atoms. The van der Waals surface area contributed by atoms with Crippen molar-refractivity contribution in [1.29, 1.82) is 0 Å². The van der Waals surface area contributed by atoms with Gasteiger partial charge in [0.05, 0.1) is 6.20 Å². The largest absolute Gasteiger partial charge is 0.307 e. The predicted molar refractivity (Wildman–Crippen MR) is 69.3 cm³/mol. The molecule has 0 aliphatic carbocycles. The molecule has 1 aromatic rings. The summed E-state index contributed by atoms with van der Waals surface area (Å²) < 4.78 is 13.1. The highest BCUT2D eigenvalue weighted by atomic mass is 19.1. The first kappa shape index (κ1) is 14.1. The zero-order valence-corrected chi connectivity index (χ0v) is 11.2. The van der Waals surface area contributed by atoms with Crippen LogP contribution in [0.2, 0.25) is 0 Å². The van der Waals surface area contributed by atoms with Gasteiger partial charge in [0.1, 0.15) is 5.82 Å². The number of aromatic nitrogens is 1. The van der Waals surface area contributed by atoms with Crippen LogP contribution in [0.3, 0.4) is 0 Å². The average molecular weight is 238 g/mol. The Kier molecular flexibility index (Phi) is 5.56. The molecule has 1 aromatic heterocycles. The minimum atomic E-state index is -0.272. The lowest BCUT2D eigenvalue weighted by Crippen LogP contribution is -2.35. The Labute approximate surface area is 104 Å². The topological polar surface area (TPSA) is 24.9 Å². The molecule has 96 valence electrons. The second kappa shape index (κ2) is 6.70. The van der Waals surface area contributed by atoms with Gasteiger partial charge in [0.2, 0.25) is 0 Å². The lowest BCUT2D eigenvalue weighted by Gasteiger charge is -2.26. The Morgan fingerprint density at radius 1 is 1.24 bits per heavy atom. The van der Waals surface area contributed by atoms with E-state index in [0.717, 1.165) is 5.56 Å². The fourth-order valence-corrected chi connectivity index (χ4v) is 2.29. The monoisotopic (exact) mass is 238 g/mol. The quantitative estimate of drug-likeness (QED) is 0.817. The van der Waals surface area contributed by atoms with Crippen LogP contribution in [0.4, 0.5) is 4.39 Å². The van der Waals surface area contributed by atoms with Gasteiger partial charge in [-0.1, -0.05) is 26.7 Å². The van der Waals surface area contributed by atoms with Crippen LogP contribution < -0.4 is 5.32 Å². The molecule has 0 fully saturated rings. The number of hydrogen-bond acceptors (Lipinski definition) is 2. The lowest BCUT2D eigenvalue weighted by atomic mass is 9.94. The molecule has 0 saturated heterocycles. The third-order valence-electron chi connectivity index (χ3n) is 3.49. The summed E-state index contributed by atoms with van der Waals surface area (Å²) in [6.45, 7) is 8.66. The summed E-state index contributed by atoms with van der Waals surface area (Å²) in [4.78, 5) is 3.88. The van der Waals surface area contributed by atoms with Gasteiger partial charge in [-0.05, 0) is 31.4 Å². The maximum Gasteiger partial charge on any atom is 0.141 e. The molecule has 1 rings (SSSR count). The van der Waals surface area contributed by atoms with Crippen molar-refractivity contribution in [1.82, 2.24) is 10.3 Å². The molecule has 0 saturated carbocycles. The third-order valence-corrected chi connectivity index (χ3v) is 3.49. The van der Waals surface area contributed by atoms with Gasteiger partial charge in [-0.3, -0.25) is 4.98 Å². The van der Waals surface area contributed by atoms with Gasteiger partial charge in [-0.25, -0.2) is 4.39 Å². The lowest BCUT2D eigenvalue weighted by molar-refractivity contribution is 0.329. The van der Waals surface area contributed by atoms with E-state index >= 15 is 0 Å². The standard InChI is InChI=1S/C14H23FN2/c1-5-12(6-2)10(3)17-11(4)13-7-14(15)9-16-8-13/h7-12,17H,5-6H2,1-4H3. The van der Waals surface area contributed by atoms with Crippen LogP contribution in [-0.4, -0.2) is 11.0 Å². The summed E-state index contributed by atoms with van der Waals surface area (Å²) >= 11 is 0. The van der Waals surface area contributed by atoms with Crippen molar-refractivity contribution in [2.24, 2.45) is 5.92 Å². The highest BCUT2D eigenvalue weighted by Gasteiger charge is 2.16. The molecule has 0 bridgehead atoms. The molecule has 17 heavy (non-hydrogen) atoms. The molecule has 2 unspecified atom stereocenters. The molecule has 0 aliphatic heterocycles. The fourth-order valence-electron chi connectivity index (χ4n) is 2.29. The van der Waals surface area contributed by atoms with E-state index in [1.54, 1.807) is 12.3 Å². The summed E-state index contributed by atoms with van der Waals surface area (Å²) in [6, 6.07) is 2.11. The Balaban J connectivity index is 2.62. The van der Waals surface area contributed by atoms with E-state index in [4.69, 9.17) is 0 Å². The first-order chi connectivity index (χ1) is 8.08. The van der Waals surface area contributed by atoms with E-state index in [0.29, 0.717) is 12.0 Å². The minimum absolute atomic E-state index is 0.133. The first-order valence-electron chi connectivity index (χ1n) is 6.44. The smallest absolute Gasteiger partial charge is 0.141 e. The number of nitrogens with one attached hydrogen (secondary N) is 1. The molecule has 0 aliphatic rings. The van der Waals surface area contributed by atoms with Gasteiger partial charge in [0.15, 0.2) is 0 Å². The van der Waals surface area contributed by atoms with Gasteiger partial charge in [-0.15, -0.1) is 0 Å². The predicted octanol–water partition coefficient (Wildman–Crippen LogP) is 3.70. The van der Waals surface area contributed by atoms with E-state index < -0.39 is 0 Å². The van der Waals surface area contributed by atoms with Gasteiger partial charge >= 0.3 is 0 Å². The van der Waals surface area contributed by atoms with Gasteiger partial charge in [0, 0.05) is 18.3 Å². The van der Waals surface area contributed by atoms with Gasteiger partial charge in [-0.2, -0.15) is 0 Å². The fraction of sp³-hybridized carbons (Fsp3) is 0.643. The molecule has 0 amide bonds. The van der Waals surface area contributed by atoms with Crippen LogP contribution in [0.25, 0.3) is 0 Å². The van der Waals surface area contributed by atoms with E-state index in [2.05, 4.69) is 38.0 Å². The molecule has 2 nitrogen and oxygen atoms in total. The van der Waals surface area contributed by atoms with Crippen LogP contribution in [0.15, 0.2) is 18.5 Å². The second-order valence-corrected chi connectivity index (χ2v) is 4.69. The molecular weight excluding hydrogens is 215 g/mol. The van der Waals surface area contributed by atoms with Crippen molar-refractivity contribution in [2.75, 3.05) is 0 Å². The van der Waals surface area contributed by atoms with E-state index in [9.17, 15) is 4.39 Å². The van der Waals surface area contributed by atoms with Crippen LogP contribution in [0, 0.1) is 11.7 Å². The van der Waals surface area contributed by atoms with Crippen molar-refractivity contribution >= 4 is 0 Å². The van der Waals surface area contributed by atoms with Crippen LogP contribution in [0.5, 0.6) is 0 Å². The molecular formula is C14H23FN2. The van der Waals surface area contributed by atoms with Crippen molar-refractivity contribution in [2.45, 2.75) is 52.6 Å². The molecule has 2 atom stereocenters. The Hall–Kier alpha value is -0.960. The van der Waals surface area contributed by atoms with Crippen LogP contribution >= 0.6 is 0 Å². The van der Waals surface area contributed by atoms with Crippen LogP contribution in [0.1, 0.15) is 52.1 Å². The van der Waals surface area contributed by atoms with Crippen molar-refractivity contribution < 1.29 is 4.39 Å². The maximum absolute atomic E-state index is 13.1. The van der Waals surface area contributed by atoms with E-state index in [1.807, 2.05) is 0 Å². The highest BCUT2D eigenvalue weighted by molar-refractivity contribution is 5.14. The summed E-state index contributed by atoms with van der Waals surface area (Å²) in [6.07, 6.45) is 5.29. The van der Waals surface area contributed by atoms with E-state index in [-0.39, 0.29) is 11.9 Å². The van der Waals surface area contributed by atoms with E-state index in [1.165, 1.54) is 19.0 Å². The van der Waals surface area contributed by atoms with Gasteiger partial charge in [0.25, 0.3) is 0 Å². The second-order valence-electron chi connectivity index (χ2n) is 4.69. The first-order valence-corrected chi connectivity index (χ1v) is 6.44. The van der Waals surface area contributed by atoms with Crippen molar-refractivity contribution in [3.63, 3.8) is 0 Å². The molecule has 0 radical (unpaired) electrons. The number of rotatable bonds is 6. The number of pyridine rings is 1. The number of hydrogen-bond donors (Lipinski definition) is 1. The Morgan fingerprint density at radius 3 is 2.41 bits per heavy atom. The Bertz CT molecular complexity index is 337.